The number of aryl methyl sites for hydroxylation is 1. The van der Waals surface area contributed by atoms with Crippen LogP contribution in [-0.4, -0.2) is 58.3 Å². The molecule has 2 saturated heterocycles. The zero-order valence-corrected chi connectivity index (χ0v) is 21.7. The third kappa shape index (κ3) is 6.25. The average Bonchev–Trinajstić information content (AvgIpc) is 3.42. The van der Waals surface area contributed by atoms with E-state index in [0.717, 1.165) is 62.5 Å². The molecule has 0 spiro atoms. The van der Waals surface area contributed by atoms with Crippen LogP contribution in [0.3, 0.4) is 0 Å². The summed E-state index contributed by atoms with van der Waals surface area (Å²) in [5.41, 5.74) is 1.47. The molecular formula is C28H31F4N5O2. The monoisotopic (exact) mass is 545 g/mol. The molecule has 3 aromatic rings. The van der Waals surface area contributed by atoms with E-state index in [-0.39, 0.29) is 17.8 Å². The van der Waals surface area contributed by atoms with Crippen molar-refractivity contribution in [2.75, 3.05) is 42.9 Å². The molecule has 0 bridgehead atoms. The minimum atomic E-state index is -1.51. The first-order chi connectivity index (χ1) is 18.7. The van der Waals surface area contributed by atoms with E-state index in [4.69, 9.17) is 4.74 Å². The molecule has 0 radical (unpaired) electrons. The largest absolute Gasteiger partial charge is 0.485 e. The Labute approximate surface area is 224 Å². The van der Waals surface area contributed by atoms with Crippen molar-refractivity contribution in [1.82, 2.24) is 14.9 Å². The maximum atomic E-state index is 13.8. The van der Waals surface area contributed by atoms with E-state index in [2.05, 4.69) is 25.1 Å². The number of piperidine rings is 1. The average molecular weight is 546 g/mol. The Morgan fingerprint density at radius 2 is 1.59 bits per heavy atom. The number of nitrogens with one attached hydrogen (secondary N) is 1. The van der Waals surface area contributed by atoms with Crippen molar-refractivity contribution in [2.24, 2.45) is 0 Å². The highest BCUT2D eigenvalue weighted by molar-refractivity contribution is 5.63. The van der Waals surface area contributed by atoms with Crippen LogP contribution < -0.4 is 15.0 Å². The van der Waals surface area contributed by atoms with E-state index in [1.165, 1.54) is 25.2 Å². The van der Waals surface area contributed by atoms with Crippen LogP contribution in [0.1, 0.15) is 36.8 Å². The highest BCUT2D eigenvalue weighted by Crippen LogP contribution is 2.31. The highest BCUT2D eigenvalue weighted by atomic mass is 19.2. The number of nitrogens with zero attached hydrogens (tertiary/aromatic N) is 4. The Morgan fingerprint density at radius 3 is 2.21 bits per heavy atom. The molecule has 0 saturated carbocycles. The molecule has 11 heteroatoms. The van der Waals surface area contributed by atoms with Gasteiger partial charge in [0.25, 0.3) is 0 Å². The highest BCUT2D eigenvalue weighted by Gasteiger charge is 2.35. The summed E-state index contributed by atoms with van der Waals surface area (Å²) in [7, 11) is 0. The summed E-state index contributed by atoms with van der Waals surface area (Å²) < 4.78 is 59.6. The molecule has 2 N–H and O–H groups in total. The zero-order chi connectivity index (χ0) is 27.6. The first-order valence-corrected chi connectivity index (χ1v) is 13.0. The van der Waals surface area contributed by atoms with Gasteiger partial charge in [-0.15, -0.1) is 0 Å². The first kappa shape index (κ1) is 27.1. The molecule has 2 aromatic carbocycles. The van der Waals surface area contributed by atoms with Crippen LogP contribution in [0.2, 0.25) is 0 Å². The quantitative estimate of drug-likeness (QED) is 0.302. The first-order valence-electron chi connectivity index (χ1n) is 13.0. The third-order valence-electron chi connectivity index (χ3n) is 7.42. The van der Waals surface area contributed by atoms with Crippen molar-refractivity contribution in [3.63, 3.8) is 0 Å². The number of aromatic nitrogens is 2. The number of benzene rings is 2. The van der Waals surface area contributed by atoms with Gasteiger partial charge in [-0.2, -0.15) is 0 Å². The minimum absolute atomic E-state index is 0.0744. The number of likely N-dealkylation sites (tertiary alicyclic amines) is 1. The predicted octanol–water partition coefficient (Wildman–Crippen LogP) is 5.09. The lowest BCUT2D eigenvalue weighted by atomic mass is 9.90. The van der Waals surface area contributed by atoms with Gasteiger partial charge in [-0.05, 0) is 69.5 Å². The molecule has 0 unspecified atom stereocenters. The maximum Gasteiger partial charge on any atom is 0.227 e. The molecule has 2 aliphatic rings. The predicted molar refractivity (Wildman–Crippen MR) is 139 cm³/mol. The van der Waals surface area contributed by atoms with Crippen molar-refractivity contribution >= 4 is 17.3 Å². The van der Waals surface area contributed by atoms with Gasteiger partial charge in [0, 0.05) is 37.1 Å². The van der Waals surface area contributed by atoms with Crippen LogP contribution in [0.5, 0.6) is 5.75 Å². The van der Waals surface area contributed by atoms with Crippen molar-refractivity contribution in [3.8, 4) is 5.75 Å². The van der Waals surface area contributed by atoms with Crippen LogP contribution in [0, 0.1) is 30.2 Å². The SMILES string of the molecule is Cc1cc(Nc2ncc(OCc3c(F)c(F)cc(F)c3F)cn2)ccc1N1CCC(O)(CN2CCCC2)CC1. The molecule has 208 valence electrons. The van der Waals surface area contributed by atoms with Crippen LogP contribution >= 0.6 is 0 Å². The molecule has 2 fully saturated rings. The summed E-state index contributed by atoms with van der Waals surface area (Å²) >= 11 is 0. The number of aliphatic hydroxyl groups is 1. The van der Waals surface area contributed by atoms with E-state index in [1.54, 1.807) is 0 Å². The van der Waals surface area contributed by atoms with Crippen LogP contribution in [0.25, 0.3) is 0 Å². The number of ether oxygens (including phenoxy) is 1. The van der Waals surface area contributed by atoms with Gasteiger partial charge >= 0.3 is 0 Å². The van der Waals surface area contributed by atoms with Gasteiger partial charge in [0.15, 0.2) is 29.0 Å². The Kier molecular flexibility index (Phi) is 7.90. The number of halogens is 4. The summed E-state index contributed by atoms with van der Waals surface area (Å²) in [6.45, 7) is 5.79. The molecule has 1 aromatic heterocycles. The maximum absolute atomic E-state index is 13.8. The van der Waals surface area contributed by atoms with E-state index in [0.29, 0.717) is 0 Å². The molecule has 3 heterocycles. The molecular weight excluding hydrogens is 514 g/mol. The van der Waals surface area contributed by atoms with E-state index in [1.807, 2.05) is 25.1 Å². The fourth-order valence-electron chi connectivity index (χ4n) is 5.26. The molecule has 5 rings (SSSR count). The molecule has 7 nitrogen and oxygen atoms in total. The molecule has 0 aliphatic carbocycles. The number of hydrogen-bond donors (Lipinski definition) is 2. The summed E-state index contributed by atoms with van der Waals surface area (Å²) in [5, 5.41) is 14.2. The lowest BCUT2D eigenvalue weighted by molar-refractivity contribution is -0.0111. The fraction of sp³-hybridized carbons (Fsp3) is 0.429. The fourth-order valence-corrected chi connectivity index (χ4v) is 5.26. The number of β-amino-alcohol motifs (C(OH)–C–C–N with tert-alkyl or cyclic N) is 1. The summed E-state index contributed by atoms with van der Waals surface area (Å²) in [6, 6.07) is 6.08. The van der Waals surface area contributed by atoms with Crippen molar-refractivity contribution in [2.45, 2.75) is 44.8 Å². The smallest absolute Gasteiger partial charge is 0.227 e. The molecule has 2 aliphatic heterocycles. The van der Waals surface area contributed by atoms with E-state index < -0.39 is 41.0 Å². The Morgan fingerprint density at radius 1 is 0.949 bits per heavy atom. The van der Waals surface area contributed by atoms with Crippen molar-refractivity contribution < 1.29 is 27.4 Å². The third-order valence-corrected chi connectivity index (χ3v) is 7.42. The second-order valence-electron chi connectivity index (χ2n) is 10.3. The van der Waals surface area contributed by atoms with Crippen LogP contribution in [0.15, 0.2) is 36.7 Å². The van der Waals surface area contributed by atoms with E-state index in [9.17, 15) is 22.7 Å². The number of rotatable bonds is 8. The summed E-state index contributed by atoms with van der Waals surface area (Å²) in [5.74, 6) is -5.66. The second kappa shape index (κ2) is 11.4. The summed E-state index contributed by atoms with van der Waals surface area (Å²) in [4.78, 5) is 13.0. The lowest BCUT2D eigenvalue weighted by Crippen LogP contribution is -2.50. The Balaban J connectivity index is 1.16. The van der Waals surface area contributed by atoms with Crippen LogP contribution in [-0.2, 0) is 6.61 Å². The number of hydrogen-bond acceptors (Lipinski definition) is 7. The topological polar surface area (TPSA) is 73.8 Å². The Hall–Kier alpha value is -3.44. The lowest BCUT2D eigenvalue weighted by Gasteiger charge is -2.41. The van der Waals surface area contributed by atoms with Crippen molar-refractivity contribution in [1.29, 1.82) is 0 Å². The van der Waals surface area contributed by atoms with Gasteiger partial charge in [0.2, 0.25) is 5.95 Å². The van der Waals surface area contributed by atoms with Gasteiger partial charge in [0.05, 0.1) is 23.6 Å². The standard InChI is InChI=1S/C28H31F4N5O2/c1-18-12-19(4-5-24(18)37-10-6-28(38,7-11-37)17-36-8-2-3-9-36)35-27-33-14-20(15-34-27)39-16-21-25(31)22(29)13-23(30)26(21)32/h4-5,12-15,38H,2-3,6-11,16-17H2,1H3,(H,33,34,35). The summed E-state index contributed by atoms with van der Waals surface area (Å²) in [6.07, 6.45) is 6.48. The van der Waals surface area contributed by atoms with Gasteiger partial charge in [-0.1, -0.05) is 0 Å². The molecule has 0 atom stereocenters. The van der Waals surface area contributed by atoms with Gasteiger partial charge < -0.3 is 25.0 Å². The number of anilines is 3. The normalized spacial score (nSPS) is 17.4. The molecule has 0 amide bonds. The molecule has 39 heavy (non-hydrogen) atoms. The second-order valence-corrected chi connectivity index (χ2v) is 10.3. The van der Waals surface area contributed by atoms with Crippen LogP contribution in [0.4, 0.5) is 34.9 Å². The van der Waals surface area contributed by atoms with Gasteiger partial charge in [-0.3, -0.25) is 0 Å². The Bertz CT molecular complexity index is 1280. The zero-order valence-electron chi connectivity index (χ0n) is 21.7. The minimum Gasteiger partial charge on any atom is -0.485 e. The van der Waals surface area contributed by atoms with Gasteiger partial charge in [-0.25, -0.2) is 27.5 Å². The van der Waals surface area contributed by atoms with Crippen molar-refractivity contribution in [3.05, 3.63) is 71.1 Å². The van der Waals surface area contributed by atoms with Gasteiger partial charge in [0.1, 0.15) is 6.61 Å². The van der Waals surface area contributed by atoms with E-state index >= 15 is 0 Å².